The molecule has 2 N–H and O–H groups in total. The van der Waals surface area contributed by atoms with E-state index in [2.05, 4.69) is 0 Å². The van der Waals surface area contributed by atoms with Gasteiger partial charge in [-0.3, -0.25) is 9.47 Å². The van der Waals surface area contributed by atoms with Crippen molar-refractivity contribution < 1.29 is 19.7 Å². The topological polar surface area (TPSA) is 58.9 Å². The quantitative estimate of drug-likeness (QED) is 0.659. The fourth-order valence-electron chi connectivity index (χ4n) is 5.00. The Kier molecular flexibility index (Phi) is 1.72. The Morgan fingerprint density at radius 3 is 1.62 bits per heavy atom. The molecule has 1 saturated heterocycles. The van der Waals surface area contributed by atoms with Crippen molar-refractivity contribution >= 4 is 0 Å². The first-order chi connectivity index (χ1) is 7.55. The molecule has 5 fully saturated rings. The van der Waals surface area contributed by atoms with E-state index in [0.717, 1.165) is 37.0 Å². The maximum absolute atomic E-state index is 9.10. The van der Waals surface area contributed by atoms with E-state index in [1.165, 1.54) is 19.3 Å². The van der Waals surface area contributed by atoms with Crippen LogP contribution < -0.4 is 0 Å². The lowest BCUT2D eigenvalue weighted by Gasteiger charge is -2.61. The molecule has 4 saturated carbocycles. The molecule has 5 aliphatic rings. The van der Waals surface area contributed by atoms with Crippen LogP contribution in [0.5, 0.6) is 0 Å². The summed E-state index contributed by atoms with van der Waals surface area (Å²) in [5.41, 5.74) is 0.0870. The Balaban J connectivity index is 1.58. The van der Waals surface area contributed by atoms with Gasteiger partial charge in [-0.25, -0.2) is 0 Å². The molecule has 0 atom stereocenters. The zero-order chi connectivity index (χ0) is 11.0. The molecule has 4 bridgehead atoms. The van der Waals surface area contributed by atoms with Crippen molar-refractivity contribution in [2.24, 2.45) is 23.2 Å². The monoisotopic (exact) mass is 226 g/mol. The zero-order valence-corrected chi connectivity index (χ0v) is 9.26. The van der Waals surface area contributed by atoms with Gasteiger partial charge >= 0.3 is 6.16 Å². The van der Waals surface area contributed by atoms with Gasteiger partial charge in [0.1, 0.15) is 0 Å². The van der Waals surface area contributed by atoms with Crippen LogP contribution >= 0.6 is 0 Å². The molecular formula is C12H18O4. The maximum atomic E-state index is 9.10. The van der Waals surface area contributed by atoms with Crippen LogP contribution in [0.2, 0.25) is 0 Å². The molecule has 0 radical (unpaired) electrons. The Labute approximate surface area is 94.5 Å². The Morgan fingerprint density at radius 2 is 1.25 bits per heavy atom. The lowest BCUT2D eigenvalue weighted by molar-refractivity contribution is -0.627. The summed E-state index contributed by atoms with van der Waals surface area (Å²) in [6.07, 6.45) is 4.88. The van der Waals surface area contributed by atoms with Crippen molar-refractivity contribution in [2.45, 2.75) is 51.0 Å². The second-order valence-electron chi connectivity index (χ2n) is 6.40. The molecule has 0 aromatic heterocycles. The average molecular weight is 226 g/mol. The maximum Gasteiger partial charge on any atom is 0.412 e. The smallest absolute Gasteiger partial charge is 0.319 e. The highest BCUT2D eigenvalue weighted by Gasteiger charge is 2.61. The molecule has 4 heteroatoms. The molecule has 16 heavy (non-hydrogen) atoms. The fourth-order valence-corrected chi connectivity index (χ4v) is 5.00. The standard InChI is InChI=1S/C12H18O4/c13-12(14)15-10(16-12)11-4-7-1-8(5-11)3-9(2-7)6-11/h7-10,13-14H,1-6H2. The molecule has 5 rings (SSSR count). The summed E-state index contributed by atoms with van der Waals surface area (Å²) in [6.45, 7) is 0. The van der Waals surface area contributed by atoms with Crippen molar-refractivity contribution in [1.82, 2.24) is 0 Å². The van der Waals surface area contributed by atoms with Crippen LogP contribution in [0, 0.1) is 23.2 Å². The number of rotatable bonds is 1. The van der Waals surface area contributed by atoms with Crippen LogP contribution in [0.3, 0.4) is 0 Å². The first-order valence-corrected chi connectivity index (χ1v) is 6.35. The first-order valence-electron chi connectivity index (χ1n) is 6.35. The van der Waals surface area contributed by atoms with Crippen molar-refractivity contribution in [1.29, 1.82) is 0 Å². The van der Waals surface area contributed by atoms with Crippen LogP contribution in [0.15, 0.2) is 0 Å². The summed E-state index contributed by atoms with van der Waals surface area (Å²) < 4.78 is 10.2. The van der Waals surface area contributed by atoms with E-state index >= 15 is 0 Å². The van der Waals surface area contributed by atoms with Crippen molar-refractivity contribution in [3.8, 4) is 0 Å². The van der Waals surface area contributed by atoms with Gasteiger partial charge in [0.15, 0.2) is 6.29 Å². The van der Waals surface area contributed by atoms with Crippen molar-refractivity contribution in [3.05, 3.63) is 0 Å². The molecule has 1 heterocycles. The molecule has 0 amide bonds. The summed E-state index contributed by atoms with van der Waals surface area (Å²) in [7, 11) is 0. The Hall–Kier alpha value is -0.160. The zero-order valence-electron chi connectivity index (χ0n) is 9.26. The van der Waals surface area contributed by atoms with Gasteiger partial charge in [0.2, 0.25) is 0 Å². The number of hydrogen-bond acceptors (Lipinski definition) is 4. The fraction of sp³-hybridized carbons (Fsp3) is 1.00. The van der Waals surface area contributed by atoms with Crippen molar-refractivity contribution in [2.75, 3.05) is 0 Å². The normalized spacial score (nSPS) is 54.0. The van der Waals surface area contributed by atoms with Gasteiger partial charge in [-0.05, 0) is 56.3 Å². The SMILES string of the molecule is OC1(O)OC(C23CC4CC(CC(C4)C2)C3)O1. The predicted octanol–water partition coefficient (Wildman–Crippen LogP) is 1.17. The lowest BCUT2D eigenvalue weighted by atomic mass is 9.49. The summed E-state index contributed by atoms with van der Waals surface area (Å²) in [6, 6.07) is 0. The number of ether oxygens (including phenoxy) is 2. The van der Waals surface area contributed by atoms with Crippen LogP contribution in [0.4, 0.5) is 0 Å². The minimum atomic E-state index is -2.31. The minimum Gasteiger partial charge on any atom is -0.319 e. The Morgan fingerprint density at radius 1 is 0.812 bits per heavy atom. The lowest BCUT2D eigenvalue weighted by Crippen LogP contribution is -2.64. The third-order valence-electron chi connectivity index (χ3n) is 5.11. The highest BCUT2D eigenvalue weighted by molar-refractivity contribution is 5.03. The summed E-state index contributed by atoms with van der Waals surface area (Å²) >= 11 is 0. The molecule has 1 aliphatic heterocycles. The van der Waals surface area contributed by atoms with E-state index in [9.17, 15) is 0 Å². The number of aliphatic hydroxyl groups is 2. The van der Waals surface area contributed by atoms with E-state index in [4.69, 9.17) is 19.7 Å². The molecule has 4 nitrogen and oxygen atoms in total. The Bertz CT molecular complexity index is 282. The van der Waals surface area contributed by atoms with Crippen LogP contribution in [-0.4, -0.2) is 22.7 Å². The van der Waals surface area contributed by atoms with Gasteiger partial charge < -0.3 is 10.2 Å². The summed E-state index contributed by atoms with van der Waals surface area (Å²) in [5.74, 6) is 2.47. The van der Waals surface area contributed by atoms with Crippen molar-refractivity contribution in [3.63, 3.8) is 0 Å². The van der Waals surface area contributed by atoms with Gasteiger partial charge in [-0.15, -0.1) is 0 Å². The van der Waals surface area contributed by atoms with Crippen LogP contribution in [0.1, 0.15) is 38.5 Å². The molecule has 90 valence electrons. The van der Waals surface area contributed by atoms with E-state index in [0.29, 0.717) is 0 Å². The summed E-state index contributed by atoms with van der Waals surface area (Å²) in [5, 5.41) is 18.2. The molecule has 4 aliphatic carbocycles. The number of hydrogen-bond donors (Lipinski definition) is 2. The molecular weight excluding hydrogens is 208 g/mol. The largest absolute Gasteiger partial charge is 0.412 e. The van der Waals surface area contributed by atoms with Gasteiger partial charge in [-0.2, -0.15) is 0 Å². The third kappa shape index (κ3) is 1.24. The summed E-state index contributed by atoms with van der Waals surface area (Å²) in [4.78, 5) is 0. The second kappa shape index (κ2) is 2.80. The highest BCUT2D eigenvalue weighted by atomic mass is 17.1. The van der Waals surface area contributed by atoms with Gasteiger partial charge in [-0.1, -0.05) is 0 Å². The van der Waals surface area contributed by atoms with E-state index in [1.807, 2.05) is 0 Å². The van der Waals surface area contributed by atoms with Gasteiger partial charge in [0.05, 0.1) is 0 Å². The molecule has 0 spiro atoms. The molecule has 0 aromatic rings. The molecule has 0 unspecified atom stereocenters. The average Bonchev–Trinajstić information content (AvgIpc) is 2.11. The van der Waals surface area contributed by atoms with Gasteiger partial charge in [0.25, 0.3) is 0 Å². The predicted molar refractivity (Wildman–Crippen MR) is 53.7 cm³/mol. The van der Waals surface area contributed by atoms with Gasteiger partial charge in [0, 0.05) is 5.41 Å². The first kappa shape index (κ1) is 9.83. The molecule has 0 aromatic carbocycles. The minimum absolute atomic E-state index is 0.0870. The second-order valence-corrected chi connectivity index (χ2v) is 6.40. The third-order valence-corrected chi connectivity index (χ3v) is 5.11. The van der Waals surface area contributed by atoms with Crippen LogP contribution in [-0.2, 0) is 9.47 Å². The van der Waals surface area contributed by atoms with E-state index in [1.54, 1.807) is 0 Å². The van der Waals surface area contributed by atoms with E-state index in [-0.39, 0.29) is 11.7 Å². The van der Waals surface area contributed by atoms with Crippen LogP contribution in [0.25, 0.3) is 0 Å². The van der Waals surface area contributed by atoms with E-state index < -0.39 is 6.16 Å². The highest BCUT2D eigenvalue weighted by Crippen LogP contribution is 2.63.